The van der Waals surface area contributed by atoms with Crippen LogP contribution in [0, 0.1) is 6.92 Å². The zero-order valence-electron chi connectivity index (χ0n) is 9.38. The quantitative estimate of drug-likeness (QED) is 0.868. The lowest BCUT2D eigenvalue weighted by molar-refractivity contribution is 0.0701. The number of aryl methyl sites for hydroxylation is 1. The summed E-state index contributed by atoms with van der Waals surface area (Å²) in [5.41, 5.74) is 6.32. The van der Waals surface area contributed by atoms with E-state index in [0.29, 0.717) is 16.3 Å². The summed E-state index contributed by atoms with van der Waals surface area (Å²) in [5.74, 6) is -1.65. The highest BCUT2D eigenvalue weighted by atomic mass is 32.1. The first-order chi connectivity index (χ1) is 8.49. The van der Waals surface area contributed by atoms with E-state index in [0.717, 1.165) is 11.3 Å². The van der Waals surface area contributed by atoms with Crippen molar-refractivity contribution >= 4 is 23.2 Å². The van der Waals surface area contributed by atoms with E-state index in [1.54, 1.807) is 13.0 Å². The van der Waals surface area contributed by atoms with Crippen molar-refractivity contribution in [1.82, 2.24) is 9.97 Å². The molecule has 0 bridgehead atoms. The van der Waals surface area contributed by atoms with Crippen LogP contribution in [0.15, 0.2) is 18.3 Å². The number of aromatic carboxylic acids is 1. The molecular formula is C11H9N3O3S. The third-order valence-electron chi connectivity index (χ3n) is 2.25. The van der Waals surface area contributed by atoms with Gasteiger partial charge in [-0.15, -0.1) is 11.3 Å². The molecule has 0 aliphatic rings. The first kappa shape index (κ1) is 12.2. The zero-order valence-corrected chi connectivity index (χ0v) is 10.2. The van der Waals surface area contributed by atoms with Crippen LogP contribution >= 0.6 is 11.3 Å². The standard InChI is InChI=1S/C11H9N3O3S/c1-5-8(11(16)17)18-10(14-5)6-2-3-13-7(4-6)9(12)15/h2-4H,1H3,(H2,12,15)(H,16,17). The SMILES string of the molecule is Cc1nc(-c2ccnc(C(N)=O)c2)sc1C(=O)O. The van der Waals surface area contributed by atoms with Crippen LogP contribution in [-0.2, 0) is 0 Å². The van der Waals surface area contributed by atoms with Gasteiger partial charge in [-0.2, -0.15) is 0 Å². The van der Waals surface area contributed by atoms with E-state index >= 15 is 0 Å². The molecule has 0 unspecified atom stereocenters. The second-order valence-electron chi connectivity index (χ2n) is 3.53. The maximum absolute atomic E-state index is 11.0. The summed E-state index contributed by atoms with van der Waals surface area (Å²) in [6.45, 7) is 1.62. The highest BCUT2D eigenvalue weighted by Crippen LogP contribution is 2.27. The number of carbonyl (C=O) groups excluding carboxylic acids is 1. The maximum atomic E-state index is 11.0. The van der Waals surface area contributed by atoms with E-state index in [9.17, 15) is 9.59 Å². The fourth-order valence-corrected chi connectivity index (χ4v) is 2.32. The highest BCUT2D eigenvalue weighted by Gasteiger charge is 2.15. The maximum Gasteiger partial charge on any atom is 0.347 e. The molecular weight excluding hydrogens is 254 g/mol. The number of nitrogens with zero attached hydrogens (tertiary/aromatic N) is 2. The molecule has 2 aromatic rings. The van der Waals surface area contributed by atoms with Crippen molar-refractivity contribution in [2.45, 2.75) is 6.92 Å². The molecule has 0 saturated heterocycles. The predicted octanol–water partition coefficient (Wildman–Crippen LogP) is 1.31. The number of hydrogen-bond donors (Lipinski definition) is 2. The van der Waals surface area contributed by atoms with Crippen LogP contribution in [0.4, 0.5) is 0 Å². The number of amides is 1. The van der Waals surface area contributed by atoms with Crippen LogP contribution in [0.1, 0.15) is 25.9 Å². The first-order valence-electron chi connectivity index (χ1n) is 4.96. The van der Waals surface area contributed by atoms with E-state index in [1.807, 2.05) is 0 Å². The van der Waals surface area contributed by atoms with Gasteiger partial charge in [0.1, 0.15) is 15.6 Å². The van der Waals surface area contributed by atoms with Gasteiger partial charge in [-0.25, -0.2) is 9.78 Å². The van der Waals surface area contributed by atoms with Gasteiger partial charge in [0.2, 0.25) is 0 Å². The molecule has 0 saturated carbocycles. The van der Waals surface area contributed by atoms with E-state index in [2.05, 4.69) is 9.97 Å². The Morgan fingerprint density at radius 2 is 2.17 bits per heavy atom. The molecule has 2 aromatic heterocycles. The van der Waals surface area contributed by atoms with Crippen molar-refractivity contribution in [2.24, 2.45) is 5.73 Å². The minimum absolute atomic E-state index is 0.122. The topological polar surface area (TPSA) is 106 Å². The first-order valence-corrected chi connectivity index (χ1v) is 5.77. The zero-order chi connectivity index (χ0) is 13.3. The molecule has 0 spiro atoms. The van der Waals surface area contributed by atoms with E-state index in [1.165, 1.54) is 12.3 Å². The Balaban J connectivity index is 2.49. The third-order valence-corrected chi connectivity index (χ3v) is 3.44. The van der Waals surface area contributed by atoms with Crippen molar-refractivity contribution in [3.8, 4) is 10.6 Å². The molecule has 6 nitrogen and oxygen atoms in total. The number of nitrogens with two attached hydrogens (primary N) is 1. The van der Waals surface area contributed by atoms with Crippen molar-refractivity contribution < 1.29 is 14.7 Å². The Morgan fingerprint density at radius 1 is 1.44 bits per heavy atom. The summed E-state index contributed by atoms with van der Waals surface area (Å²) in [6.07, 6.45) is 1.44. The van der Waals surface area contributed by atoms with Gasteiger partial charge in [0, 0.05) is 11.8 Å². The number of thiazole rings is 1. The van der Waals surface area contributed by atoms with Crippen molar-refractivity contribution in [2.75, 3.05) is 0 Å². The summed E-state index contributed by atoms with van der Waals surface area (Å²) in [4.78, 5) is 30.1. The average molecular weight is 263 g/mol. The Morgan fingerprint density at radius 3 is 2.72 bits per heavy atom. The molecule has 0 atom stereocenters. The number of rotatable bonds is 3. The number of carboxylic acids is 1. The minimum Gasteiger partial charge on any atom is -0.477 e. The number of primary amides is 1. The van der Waals surface area contributed by atoms with Gasteiger partial charge in [0.05, 0.1) is 5.69 Å². The van der Waals surface area contributed by atoms with E-state index < -0.39 is 11.9 Å². The van der Waals surface area contributed by atoms with Crippen LogP contribution in [0.25, 0.3) is 10.6 Å². The molecule has 2 heterocycles. The normalized spacial score (nSPS) is 10.3. The number of aromatic nitrogens is 2. The Labute approximate surface area is 106 Å². The molecule has 0 aliphatic heterocycles. The molecule has 0 aromatic carbocycles. The fourth-order valence-electron chi connectivity index (χ4n) is 1.42. The second-order valence-corrected chi connectivity index (χ2v) is 4.53. The summed E-state index contributed by atoms with van der Waals surface area (Å²) < 4.78 is 0. The van der Waals surface area contributed by atoms with Crippen LogP contribution in [0.5, 0.6) is 0 Å². The number of carbonyl (C=O) groups is 2. The largest absolute Gasteiger partial charge is 0.477 e. The average Bonchev–Trinajstić information content (AvgIpc) is 2.71. The third kappa shape index (κ3) is 2.21. The molecule has 18 heavy (non-hydrogen) atoms. The Bertz CT molecular complexity index is 636. The van der Waals surface area contributed by atoms with Gasteiger partial charge in [-0.05, 0) is 19.1 Å². The van der Waals surface area contributed by atoms with Gasteiger partial charge in [-0.3, -0.25) is 9.78 Å². The summed E-state index contributed by atoms with van der Waals surface area (Å²) >= 11 is 1.05. The monoisotopic (exact) mass is 263 g/mol. The fraction of sp³-hybridized carbons (Fsp3) is 0.0909. The smallest absolute Gasteiger partial charge is 0.347 e. The lowest BCUT2D eigenvalue weighted by Crippen LogP contribution is -2.12. The van der Waals surface area contributed by atoms with Gasteiger partial charge in [0.15, 0.2) is 0 Å². The Kier molecular flexibility index (Phi) is 3.07. The lowest BCUT2D eigenvalue weighted by Gasteiger charge is -1.97. The van der Waals surface area contributed by atoms with Crippen molar-refractivity contribution in [3.05, 3.63) is 34.6 Å². The molecule has 1 amide bonds. The molecule has 3 N–H and O–H groups in total. The van der Waals surface area contributed by atoms with Crippen molar-refractivity contribution in [1.29, 1.82) is 0 Å². The van der Waals surface area contributed by atoms with Crippen molar-refractivity contribution in [3.63, 3.8) is 0 Å². The molecule has 0 aliphatic carbocycles. The van der Waals surface area contributed by atoms with Gasteiger partial charge in [-0.1, -0.05) is 0 Å². The number of carboxylic acid groups (broad SMARTS) is 1. The summed E-state index contributed by atoms with van der Waals surface area (Å²) in [7, 11) is 0. The molecule has 7 heteroatoms. The number of hydrogen-bond acceptors (Lipinski definition) is 5. The van der Waals surface area contributed by atoms with Crippen LogP contribution < -0.4 is 5.73 Å². The van der Waals surface area contributed by atoms with E-state index in [4.69, 9.17) is 10.8 Å². The van der Waals surface area contributed by atoms with Gasteiger partial charge >= 0.3 is 5.97 Å². The van der Waals surface area contributed by atoms with Gasteiger partial charge in [0.25, 0.3) is 5.91 Å². The summed E-state index contributed by atoms with van der Waals surface area (Å²) in [6, 6.07) is 3.14. The minimum atomic E-state index is -1.01. The molecule has 0 fully saturated rings. The highest BCUT2D eigenvalue weighted by molar-refractivity contribution is 7.17. The molecule has 2 rings (SSSR count). The summed E-state index contributed by atoms with van der Waals surface area (Å²) in [5, 5.41) is 9.48. The number of pyridine rings is 1. The predicted molar refractivity (Wildman–Crippen MR) is 65.6 cm³/mol. The van der Waals surface area contributed by atoms with Crippen LogP contribution in [0.3, 0.4) is 0 Å². The molecule has 92 valence electrons. The van der Waals surface area contributed by atoms with Crippen LogP contribution in [0.2, 0.25) is 0 Å². The second kappa shape index (κ2) is 4.53. The lowest BCUT2D eigenvalue weighted by atomic mass is 10.2. The van der Waals surface area contributed by atoms with E-state index in [-0.39, 0.29) is 10.6 Å². The van der Waals surface area contributed by atoms with Gasteiger partial charge < -0.3 is 10.8 Å². The molecule has 0 radical (unpaired) electrons. The Hall–Kier alpha value is -2.28. The van der Waals surface area contributed by atoms with Crippen LogP contribution in [-0.4, -0.2) is 27.0 Å².